The molecule has 16 heavy (non-hydrogen) atoms. The smallest absolute Gasteiger partial charge is 0.254 e. The van der Waals surface area contributed by atoms with Crippen LogP contribution in [0.5, 0.6) is 0 Å². The highest BCUT2D eigenvalue weighted by Crippen LogP contribution is 2.38. The van der Waals surface area contributed by atoms with Gasteiger partial charge in [-0.3, -0.25) is 9.36 Å². The zero-order valence-electron chi connectivity index (χ0n) is 9.28. The Morgan fingerprint density at radius 1 is 1.62 bits per heavy atom. The highest BCUT2D eigenvalue weighted by Gasteiger charge is 2.28. The highest BCUT2D eigenvalue weighted by molar-refractivity contribution is 6.29. The lowest BCUT2D eigenvalue weighted by Gasteiger charge is -2.11. The molecule has 0 spiro atoms. The fourth-order valence-electron chi connectivity index (χ4n) is 1.74. The normalized spacial score (nSPS) is 15.4. The minimum absolute atomic E-state index is 0.0574. The van der Waals surface area contributed by atoms with Crippen LogP contribution in [0.4, 0.5) is 0 Å². The third-order valence-corrected chi connectivity index (χ3v) is 2.87. The van der Waals surface area contributed by atoms with Crippen molar-refractivity contribution in [1.82, 2.24) is 9.55 Å². The first-order chi connectivity index (χ1) is 7.72. The molecule has 1 saturated carbocycles. The molecule has 0 amide bonds. The van der Waals surface area contributed by atoms with Crippen LogP contribution in [-0.2, 0) is 11.3 Å². The Bertz CT molecular complexity index is 426. The van der Waals surface area contributed by atoms with E-state index < -0.39 is 0 Å². The van der Waals surface area contributed by atoms with E-state index in [1.54, 1.807) is 11.7 Å². The first-order valence-electron chi connectivity index (χ1n) is 5.48. The van der Waals surface area contributed by atoms with Gasteiger partial charge in [-0.25, -0.2) is 4.98 Å². The van der Waals surface area contributed by atoms with Crippen LogP contribution in [0.2, 0.25) is 5.15 Å². The van der Waals surface area contributed by atoms with Gasteiger partial charge in [0.25, 0.3) is 5.56 Å². The van der Waals surface area contributed by atoms with Gasteiger partial charge in [0.05, 0.1) is 0 Å². The van der Waals surface area contributed by atoms with Gasteiger partial charge < -0.3 is 4.74 Å². The minimum Gasteiger partial charge on any atom is -0.385 e. The predicted octanol–water partition coefficient (Wildman–Crippen LogP) is 1.81. The SMILES string of the molecule is COCCCn1c(C2CC2)nc(Cl)cc1=O. The van der Waals surface area contributed by atoms with E-state index in [-0.39, 0.29) is 5.56 Å². The fourth-order valence-corrected chi connectivity index (χ4v) is 1.92. The second-order valence-corrected chi connectivity index (χ2v) is 4.43. The summed E-state index contributed by atoms with van der Waals surface area (Å²) in [6.45, 7) is 1.31. The summed E-state index contributed by atoms with van der Waals surface area (Å²) >= 11 is 5.81. The van der Waals surface area contributed by atoms with Crippen molar-refractivity contribution in [3.8, 4) is 0 Å². The predicted molar refractivity (Wildman–Crippen MR) is 62.0 cm³/mol. The van der Waals surface area contributed by atoms with E-state index >= 15 is 0 Å². The van der Waals surface area contributed by atoms with Gasteiger partial charge in [-0.15, -0.1) is 0 Å². The van der Waals surface area contributed by atoms with E-state index in [9.17, 15) is 4.79 Å². The van der Waals surface area contributed by atoms with E-state index in [0.29, 0.717) is 24.2 Å². The monoisotopic (exact) mass is 242 g/mol. The van der Waals surface area contributed by atoms with Crippen molar-refractivity contribution in [2.24, 2.45) is 0 Å². The molecule has 0 atom stereocenters. The third kappa shape index (κ3) is 2.62. The maximum Gasteiger partial charge on any atom is 0.254 e. The van der Waals surface area contributed by atoms with Gasteiger partial charge in [0.2, 0.25) is 0 Å². The second-order valence-electron chi connectivity index (χ2n) is 4.05. The molecule has 0 N–H and O–H groups in total. The number of ether oxygens (including phenoxy) is 1. The number of aromatic nitrogens is 2. The molecule has 0 bridgehead atoms. The number of methoxy groups -OCH3 is 1. The van der Waals surface area contributed by atoms with Gasteiger partial charge in [-0.2, -0.15) is 0 Å². The van der Waals surface area contributed by atoms with Gasteiger partial charge >= 0.3 is 0 Å². The van der Waals surface area contributed by atoms with Crippen molar-refractivity contribution >= 4 is 11.6 Å². The zero-order valence-corrected chi connectivity index (χ0v) is 10.0. The fraction of sp³-hybridized carbons (Fsp3) is 0.636. The molecule has 0 aromatic carbocycles. The molecule has 1 aromatic heterocycles. The molecule has 1 heterocycles. The largest absolute Gasteiger partial charge is 0.385 e. The highest BCUT2D eigenvalue weighted by atomic mass is 35.5. The molecular formula is C11H15ClN2O2. The Morgan fingerprint density at radius 3 is 3.00 bits per heavy atom. The molecule has 0 radical (unpaired) electrons. The Balaban J connectivity index is 2.23. The maximum atomic E-state index is 11.8. The number of halogens is 1. The Labute approximate surface area is 99.2 Å². The van der Waals surface area contributed by atoms with Crippen LogP contribution in [-0.4, -0.2) is 23.3 Å². The average Bonchev–Trinajstić information content (AvgIpc) is 3.04. The second kappa shape index (κ2) is 4.97. The van der Waals surface area contributed by atoms with Crippen LogP contribution in [0.25, 0.3) is 0 Å². The topological polar surface area (TPSA) is 44.1 Å². The number of hydrogen-bond acceptors (Lipinski definition) is 3. The van der Waals surface area contributed by atoms with Crippen molar-refractivity contribution in [1.29, 1.82) is 0 Å². The molecule has 4 nitrogen and oxygen atoms in total. The summed E-state index contributed by atoms with van der Waals surface area (Å²) in [5.41, 5.74) is -0.0574. The summed E-state index contributed by atoms with van der Waals surface area (Å²) in [4.78, 5) is 16.0. The maximum absolute atomic E-state index is 11.8. The molecule has 1 aliphatic rings. The van der Waals surface area contributed by atoms with E-state index in [0.717, 1.165) is 25.1 Å². The standard InChI is InChI=1S/C11H15ClN2O2/c1-16-6-2-5-14-10(15)7-9(12)13-11(14)8-3-4-8/h7-8H,2-6H2,1H3. The van der Waals surface area contributed by atoms with Crippen LogP contribution < -0.4 is 5.56 Å². The van der Waals surface area contributed by atoms with Crippen molar-refractivity contribution in [2.45, 2.75) is 31.7 Å². The van der Waals surface area contributed by atoms with Crippen molar-refractivity contribution < 1.29 is 4.74 Å². The molecule has 88 valence electrons. The van der Waals surface area contributed by atoms with Crippen LogP contribution in [0, 0.1) is 0 Å². The van der Waals surface area contributed by atoms with Gasteiger partial charge in [0.15, 0.2) is 0 Å². The van der Waals surface area contributed by atoms with Crippen molar-refractivity contribution in [3.05, 3.63) is 27.4 Å². The molecule has 1 aliphatic carbocycles. The average molecular weight is 243 g/mol. The van der Waals surface area contributed by atoms with E-state index in [1.807, 2.05) is 0 Å². The summed E-state index contributed by atoms with van der Waals surface area (Å²) in [6, 6.07) is 1.38. The van der Waals surface area contributed by atoms with Crippen LogP contribution in [0.3, 0.4) is 0 Å². The van der Waals surface area contributed by atoms with E-state index in [4.69, 9.17) is 16.3 Å². The lowest BCUT2D eigenvalue weighted by molar-refractivity contribution is 0.189. The molecule has 0 unspecified atom stereocenters. The zero-order chi connectivity index (χ0) is 11.5. The summed E-state index contributed by atoms with van der Waals surface area (Å²) in [6.07, 6.45) is 3.04. The molecule has 0 aliphatic heterocycles. The summed E-state index contributed by atoms with van der Waals surface area (Å²) in [5, 5.41) is 0.301. The van der Waals surface area contributed by atoms with Crippen LogP contribution in [0.15, 0.2) is 10.9 Å². The quantitative estimate of drug-likeness (QED) is 0.584. The molecule has 1 aromatic rings. The van der Waals surface area contributed by atoms with E-state index in [1.165, 1.54) is 6.07 Å². The number of rotatable bonds is 5. The van der Waals surface area contributed by atoms with Crippen molar-refractivity contribution in [2.75, 3.05) is 13.7 Å². The Hall–Kier alpha value is -0.870. The first kappa shape index (κ1) is 11.6. The van der Waals surface area contributed by atoms with Crippen LogP contribution in [0.1, 0.15) is 31.0 Å². The molecule has 5 heteroatoms. The Kier molecular flexibility index (Phi) is 3.61. The lowest BCUT2D eigenvalue weighted by Crippen LogP contribution is -2.24. The molecule has 1 fully saturated rings. The van der Waals surface area contributed by atoms with Crippen molar-refractivity contribution in [3.63, 3.8) is 0 Å². The molecule has 2 rings (SSSR count). The Morgan fingerprint density at radius 2 is 2.38 bits per heavy atom. The molecular weight excluding hydrogens is 228 g/mol. The third-order valence-electron chi connectivity index (χ3n) is 2.68. The van der Waals surface area contributed by atoms with Crippen LogP contribution >= 0.6 is 11.6 Å². The minimum atomic E-state index is -0.0574. The van der Waals surface area contributed by atoms with Gasteiger partial charge in [0, 0.05) is 32.2 Å². The molecule has 0 saturated heterocycles. The summed E-state index contributed by atoms with van der Waals surface area (Å²) in [7, 11) is 1.66. The summed E-state index contributed by atoms with van der Waals surface area (Å²) in [5.74, 6) is 1.27. The number of hydrogen-bond donors (Lipinski definition) is 0. The van der Waals surface area contributed by atoms with Gasteiger partial charge in [-0.05, 0) is 19.3 Å². The van der Waals surface area contributed by atoms with Gasteiger partial charge in [0.1, 0.15) is 11.0 Å². The lowest BCUT2D eigenvalue weighted by atomic mass is 10.3. The van der Waals surface area contributed by atoms with E-state index in [2.05, 4.69) is 4.98 Å². The first-order valence-corrected chi connectivity index (χ1v) is 5.86. The van der Waals surface area contributed by atoms with Gasteiger partial charge in [-0.1, -0.05) is 11.6 Å². The summed E-state index contributed by atoms with van der Waals surface area (Å²) < 4.78 is 6.71. The number of nitrogens with zero attached hydrogens (tertiary/aromatic N) is 2.